The Morgan fingerprint density at radius 3 is 2.60 bits per heavy atom. The van der Waals surface area contributed by atoms with E-state index in [0.29, 0.717) is 19.5 Å². The largest absolute Gasteiger partial charge is 0.368 e. The van der Waals surface area contributed by atoms with Crippen LogP contribution in [0.5, 0.6) is 0 Å². The van der Waals surface area contributed by atoms with E-state index in [4.69, 9.17) is 11.6 Å². The highest BCUT2D eigenvalue weighted by Crippen LogP contribution is 2.40. The van der Waals surface area contributed by atoms with E-state index in [1.54, 1.807) is 0 Å². The molecule has 1 saturated carbocycles. The van der Waals surface area contributed by atoms with Crippen LogP contribution in [0.4, 0.5) is 5.69 Å². The van der Waals surface area contributed by atoms with Crippen LogP contribution in [0, 0.1) is 11.8 Å². The molecule has 136 valence electrons. The number of halogens is 1. The van der Waals surface area contributed by atoms with Gasteiger partial charge in [-0.15, -0.1) is 0 Å². The van der Waals surface area contributed by atoms with Crippen LogP contribution >= 0.6 is 11.6 Å². The molecule has 6 heteroatoms. The summed E-state index contributed by atoms with van der Waals surface area (Å²) in [6, 6.07) is 7.97. The number of hydrogen-bond acceptors (Lipinski definition) is 3. The second kappa shape index (κ2) is 7.65. The summed E-state index contributed by atoms with van der Waals surface area (Å²) in [5, 5.41) is 3.71. The van der Waals surface area contributed by atoms with E-state index < -0.39 is 0 Å². The lowest BCUT2D eigenvalue weighted by atomic mass is 10.2. The SMILES string of the molecule is CCC(C)NC(=O)C1CC1C(=O)N1CCN(c2cccc(Cl)c2)CC1. The van der Waals surface area contributed by atoms with Crippen molar-refractivity contribution in [2.45, 2.75) is 32.7 Å². The van der Waals surface area contributed by atoms with Gasteiger partial charge in [-0.1, -0.05) is 24.6 Å². The lowest BCUT2D eigenvalue weighted by Gasteiger charge is -2.36. The molecule has 2 amide bonds. The lowest BCUT2D eigenvalue weighted by molar-refractivity contribution is -0.135. The fraction of sp³-hybridized carbons (Fsp3) is 0.579. The number of carbonyl (C=O) groups is 2. The zero-order chi connectivity index (χ0) is 18.0. The molecule has 1 saturated heterocycles. The number of hydrogen-bond donors (Lipinski definition) is 1. The van der Waals surface area contributed by atoms with E-state index in [9.17, 15) is 9.59 Å². The first-order chi connectivity index (χ1) is 12.0. The van der Waals surface area contributed by atoms with Crippen LogP contribution in [0.3, 0.4) is 0 Å². The monoisotopic (exact) mass is 363 g/mol. The maximum absolute atomic E-state index is 12.6. The van der Waals surface area contributed by atoms with Crippen LogP contribution in [0.25, 0.3) is 0 Å². The number of nitrogens with zero attached hydrogens (tertiary/aromatic N) is 2. The first-order valence-electron chi connectivity index (χ1n) is 9.09. The molecule has 3 atom stereocenters. The molecule has 5 nitrogen and oxygen atoms in total. The summed E-state index contributed by atoms with van der Waals surface area (Å²) in [5.41, 5.74) is 1.09. The normalized spacial score (nSPS) is 24.0. The van der Waals surface area contributed by atoms with Crippen LogP contribution in [-0.2, 0) is 9.59 Å². The molecule has 2 aliphatic rings. The zero-order valence-corrected chi connectivity index (χ0v) is 15.6. The van der Waals surface area contributed by atoms with Gasteiger partial charge in [-0.05, 0) is 38.0 Å². The van der Waals surface area contributed by atoms with Gasteiger partial charge >= 0.3 is 0 Å². The van der Waals surface area contributed by atoms with E-state index in [2.05, 4.69) is 10.2 Å². The lowest BCUT2D eigenvalue weighted by Crippen LogP contribution is -2.49. The zero-order valence-electron chi connectivity index (χ0n) is 14.9. The maximum atomic E-state index is 12.6. The van der Waals surface area contributed by atoms with Crippen molar-refractivity contribution in [1.29, 1.82) is 0 Å². The smallest absolute Gasteiger partial charge is 0.226 e. The Morgan fingerprint density at radius 1 is 1.24 bits per heavy atom. The van der Waals surface area contributed by atoms with Crippen molar-refractivity contribution in [2.24, 2.45) is 11.8 Å². The van der Waals surface area contributed by atoms with Gasteiger partial charge in [0.1, 0.15) is 0 Å². The average Bonchev–Trinajstić information content (AvgIpc) is 3.42. The number of amides is 2. The summed E-state index contributed by atoms with van der Waals surface area (Å²) in [4.78, 5) is 28.9. The summed E-state index contributed by atoms with van der Waals surface area (Å²) in [5.74, 6) is -0.0884. The molecule has 1 heterocycles. The van der Waals surface area contributed by atoms with E-state index in [0.717, 1.165) is 30.2 Å². The van der Waals surface area contributed by atoms with Gasteiger partial charge in [-0.2, -0.15) is 0 Å². The predicted molar refractivity (Wildman–Crippen MR) is 99.7 cm³/mol. The van der Waals surface area contributed by atoms with E-state index in [1.165, 1.54) is 0 Å². The minimum Gasteiger partial charge on any atom is -0.368 e. The third-order valence-electron chi connectivity index (χ3n) is 5.21. The molecule has 1 N–H and O–H groups in total. The van der Waals surface area contributed by atoms with Crippen LogP contribution in [0.2, 0.25) is 5.02 Å². The maximum Gasteiger partial charge on any atom is 0.226 e. The highest BCUT2D eigenvalue weighted by Gasteiger charge is 2.49. The highest BCUT2D eigenvalue weighted by atomic mass is 35.5. The van der Waals surface area contributed by atoms with Crippen molar-refractivity contribution in [3.63, 3.8) is 0 Å². The second-order valence-corrected chi connectivity index (χ2v) is 7.50. The Hall–Kier alpha value is -1.75. The third-order valence-corrected chi connectivity index (χ3v) is 5.45. The Morgan fingerprint density at radius 2 is 1.96 bits per heavy atom. The molecule has 3 rings (SSSR count). The molecule has 0 radical (unpaired) electrons. The van der Waals surface area contributed by atoms with Crippen LogP contribution in [-0.4, -0.2) is 48.9 Å². The number of benzene rings is 1. The van der Waals surface area contributed by atoms with Crippen molar-refractivity contribution in [3.05, 3.63) is 29.3 Å². The fourth-order valence-corrected chi connectivity index (χ4v) is 3.49. The Bertz CT molecular complexity index is 643. The molecule has 1 aliphatic carbocycles. The van der Waals surface area contributed by atoms with E-state index in [1.807, 2.05) is 43.0 Å². The molecule has 25 heavy (non-hydrogen) atoms. The minimum absolute atomic E-state index is 0.0327. The van der Waals surface area contributed by atoms with Gasteiger partial charge in [0.15, 0.2) is 0 Å². The molecule has 0 aromatic heterocycles. The second-order valence-electron chi connectivity index (χ2n) is 7.06. The molecule has 2 fully saturated rings. The van der Waals surface area contributed by atoms with Crippen LogP contribution in [0.1, 0.15) is 26.7 Å². The summed E-state index contributed by atoms with van der Waals surface area (Å²) in [6.07, 6.45) is 1.60. The first-order valence-corrected chi connectivity index (χ1v) is 9.47. The number of rotatable bonds is 5. The molecular formula is C19H26ClN3O2. The summed E-state index contributed by atoms with van der Waals surface area (Å²) in [7, 11) is 0. The Balaban J connectivity index is 1.49. The van der Waals surface area contributed by atoms with Gasteiger partial charge in [0, 0.05) is 42.9 Å². The Kier molecular flexibility index (Phi) is 5.52. The van der Waals surface area contributed by atoms with Gasteiger partial charge in [0.05, 0.1) is 11.8 Å². The topological polar surface area (TPSA) is 52.7 Å². The molecule has 1 aliphatic heterocycles. The minimum atomic E-state index is -0.132. The Labute approximate surface area is 154 Å². The van der Waals surface area contributed by atoms with Crippen molar-refractivity contribution in [2.75, 3.05) is 31.1 Å². The molecular weight excluding hydrogens is 338 g/mol. The number of anilines is 1. The highest BCUT2D eigenvalue weighted by molar-refractivity contribution is 6.30. The standard InChI is InChI=1S/C19H26ClN3O2/c1-3-13(2)21-18(24)16-12-17(16)19(25)23-9-7-22(8-10-23)15-6-4-5-14(20)11-15/h4-6,11,13,16-17H,3,7-10,12H2,1-2H3,(H,21,24). The molecule has 3 unspecified atom stereocenters. The molecule has 0 bridgehead atoms. The van der Waals surface area contributed by atoms with Crippen molar-refractivity contribution >= 4 is 29.1 Å². The van der Waals surface area contributed by atoms with Crippen LogP contribution < -0.4 is 10.2 Å². The van der Waals surface area contributed by atoms with Crippen LogP contribution in [0.15, 0.2) is 24.3 Å². The van der Waals surface area contributed by atoms with Gasteiger partial charge < -0.3 is 15.1 Å². The van der Waals surface area contributed by atoms with Gasteiger partial charge in [-0.25, -0.2) is 0 Å². The van der Waals surface area contributed by atoms with Crippen molar-refractivity contribution in [1.82, 2.24) is 10.2 Å². The van der Waals surface area contributed by atoms with Gasteiger partial charge in [0.2, 0.25) is 11.8 Å². The van der Waals surface area contributed by atoms with Crippen molar-refractivity contribution < 1.29 is 9.59 Å². The summed E-state index contributed by atoms with van der Waals surface area (Å²) < 4.78 is 0. The molecule has 0 spiro atoms. The van der Waals surface area contributed by atoms with Gasteiger partial charge in [-0.3, -0.25) is 9.59 Å². The quantitative estimate of drug-likeness (QED) is 0.874. The average molecular weight is 364 g/mol. The van der Waals surface area contributed by atoms with Crippen molar-refractivity contribution in [3.8, 4) is 0 Å². The first kappa shape index (κ1) is 18.1. The van der Waals surface area contributed by atoms with E-state index in [-0.39, 0.29) is 29.7 Å². The number of piperazine rings is 1. The number of carbonyl (C=O) groups excluding carboxylic acids is 2. The van der Waals surface area contributed by atoms with E-state index >= 15 is 0 Å². The third kappa shape index (κ3) is 4.27. The number of nitrogens with one attached hydrogen (secondary N) is 1. The molecule has 1 aromatic carbocycles. The summed E-state index contributed by atoms with van der Waals surface area (Å²) in [6.45, 7) is 7.01. The predicted octanol–water partition coefficient (Wildman–Crippen LogP) is 2.54. The summed E-state index contributed by atoms with van der Waals surface area (Å²) >= 11 is 6.06. The molecule has 1 aromatic rings. The van der Waals surface area contributed by atoms with Gasteiger partial charge in [0.25, 0.3) is 0 Å². The fourth-order valence-electron chi connectivity index (χ4n) is 3.30.